The molecule has 2 rings (SSSR count). The van der Waals surface area contributed by atoms with Crippen LogP contribution in [0.5, 0.6) is 23.0 Å². The first-order valence-electron chi connectivity index (χ1n) is 12.1. The largest absolute Gasteiger partial charge is 0.496 e. The van der Waals surface area contributed by atoms with Gasteiger partial charge in [0, 0.05) is 30.5 Å². The van der Waals surface area contributed by atoms with Gasteiger partial charge in [-0.25, -0.2) is 0 Å². The van der Waals surface area contributed by atoms with Gasteiger partial charge in [0.25, 0.3) is 0 Å². The van der Waals surface area contributed by atoms with E-state index in [4.69, 9.17) is 28.4 Å². The summed E-state index contributed by atoms with van der Waals surface area (Å²) in [4.78, 5) is 21.9. The fourth-order valence-corrected chi connectivity index (χ4v) is 3.36. The molecule has 0 spiro atoms. The van der Waals surface area contributed by atoms with Crippen LogP contribution in [-0.2, 0) is 31.9 Å². The molecule has 8 heteroatoms. The second-order valence-corrected chi connectivity index (χ2v) is 8.39. The average Bonchev–Trinajstić information content (AvgIpc) is 2.90. The molecule has 38 heavy (non-hydrogen) atoms. The number of carbonyl (C=O) groups excluding carboxylic acids is 2. The van der Waals surface area contributed by atoms with Crippen LogP contribution >= 0.6 is 0 Å². The molecule has 0 N–H and O–H groups in total. The highest BCUT2D eigenvalue weighted by Gasteiger charge is 2.10. The lowest BCUT2D eigenvalue weighted by Crippen LogP contribution is -2.11. The van der Waals surface area contributed by atoms with Crippen molar-refractivity contribution in [2.45, 2.75) is 40.5 Å². The van der Waals surface area contributed by atoms with Crippen molar-refractivity contribution in [1.82, 2.24) is 0 Å². The molecule has 0 atom stereocenters. The number of benzene rings is 2. The Balaban J connectivity index is 0.000000415. The van der Waals surface area contributed by atoms with E-state index in [-0.39, 0.29) is 13.2 Å². The van der Waals surface area contributed by atoms with E-state index in [1.54, 1.807) is 28.4 Å². The number of rotatable bonds is 12. The van der Waals surface area contributed by atoms with Crippen molar-refractivity contribution in [1.29, 1.82) is 0 Å². The van der Waals surface area contributed by atoms with Gasteiger partial charge in [-0.3, -0.25) is 9.59 Å². The predicted octanol–water partition coefficient (Wildman–Crippen LogP) is 5.51. The number of allylic oxidation sites excluding steroid dienone is 3. The molecule has 0 unspecified atom stereocenters. The second kappa shape index (κ2) is 17.5. The Morgan fingerprint density at radius 1 is 0.605 bits per heavy atom. The van der Waals surface area contributed by atoms with Crippen molar-refractivity contribution >= 4 is 11.9 Å². The van der Waals surface area contributed by atoms with Crippen LogP contribution < -0.4 is 18.9 Å². The summed E-state index contributed by atoms with van der Waals surface area (Å²) in [7, 11) is 6.53. The van der Waals surface area contributed by atoms with Gasteiger partial charge in [-0.05, 0) is 51.0 Å². The van der Waals surface area contributed by atoms with E-state index < -0.39 is 11.9 Å². The molecule has 0 aromatic heterocycles. The third-order valence-corrected chi connectivity index (χ3v) is 5.29. The molecule has 0 aliphatic rings. The number of carbonyl (C=O) groups is 2. The first-order valence-corrected chi connectivity index (χ1v) is 12.1. The fraction of sp³-hybridized carbons (Fsp3) is 0.400. The van der Waals surface area contributed by atoms with Gasteiger partial charge in [0.1, 0.15) is 36.2 Å². The summed E-state index contributed by atoms with van der Waals surface area (Å²) in [6.07, 6.45) is 5.34. The van der Waals surface area contributed by atoms with Gasteiger partial charge in [0.05, 0.1) is 28.4 Å². The zero-order chi connectivity index (χ0) is 28.5. The molecule has 0 bridgehead atoms. The Bertz CT molecular complexity index is 1030. The third-order valence-electron chi connectivity index (χ3n) is 5.29. The van der Waals surface area contributed by atoms with Crippen molar-refractivity contribution in [3.05, 3.63) is 70.8 Å². The minimum Gasteiger partial charge on any atom is -0.496 e. The van der Waals surface area contributed by atoms with Crippen LogP contribution in [0, 0.1) is 0 Å². The van der Waals surface area contributed by atoms with Crippen LogP contribution in [0.1, 0.15) is 38.8 Å². The quantitative estimate of drug-likeness (QED) is 0.263. The molecule has 0 amide bonds. The number of esters is 2. The number of methoxy groups -OCH3 is 4. The van der Waals surface area contributed by atoms with Crippen LogP contribution in [0.2, 0.25) is 0 Å². The topological polar surface area (TPSA) is 89.5 Å². The van der Waals surface area contributed by atoms with Gasteiger partial charge in [-0.15, -0.1) is 0 Å². The average molecular weight is 529 g/mol. The lowest BCUT2D eigenvalue weighted by Gasteiger charge is -2.13. The summed E-state index contributed by atoms with van der Waals surface area (Å²) in [5.41, 5.74) is 3.94. The minimum atomic E-state index is -0.395. The Labute approximate surface area is 226 Å². The van der Waals surface area contributed by atoms with E-state index >= 15 is 0 Å². The lowest BCUT2D eigenvalue weighted by molar-refractivity contribution is -0.141. The third kappa shape index (κ3) is 11.4. The Kier molecular flexibility index (Phi) is 14.8. The molecule has 0 aliphatic carbocycles. The Morgan fingerprint density at radius 3 is 1.24 bits per heavy atom. The summed E-state index contributed by atoms with van der Waals surface area (Å²) in [5.74, 6) is 2.36. The van der Waals surface area contributed by atoms with Crippen LogP contribution in [0.15, 0.2) is 59.7 Å². The van der Waals surface area contributed by atoms with Crippen molar-refractivity contribution in [2.24, 2.45) is 0 Å². The predicted molar refractivity (Wildman–Crippen MR) is 147 cm³/mol. The van der Waals surface area contributed by atoms with E-state index in [1.807, 2.05) is 42.5 Å². The number of ether oxygens (including phenoxy) is 6. The number of hydrogen-bond donors (Lipinski definition) is 0. The zero-order valence-electron chi connectivity index (χ0n) is 23.7. The van der Waals surface area contributed by atoms with Crippen LogP contribution in [0.3, 0.4) is 0 Å². The van der Waals surface area contributed by atoms with E-state index in [2.05, 4.69) is 19.9 Å². The molecule has 2 aromatic rings. The molecule has 0 aliphatic heterocycles. The van der Waals surface area contributed by atoms with Crippen LogP contribution in [0.25, 0.3) is 0 Å². The molecular weight excluding hydrogens is 488 g/mol. The molecule has 0 heterocycles. The maximum Gasteiger partial charge on any atom is 0.302 e. The van der Waals surface area contributed by atoms with E-state index in [0.29, 0.717) is 23.5 Å². The van der Waals surface area contributed by atoms with E-state index in [1.165, 1.54) is 19.4 Å². The van der Waals surface area contributed by atoms with E-state index in [9.17, 15) is 9.59 Å². The Hall–Kier alpha value is -3.94. The lowest BCUT2D eigenvalue weighted by atomic mass is 10.1. The summed E-state index contributed by atoms with van der Waals surface area (Å²) < 4.78 is 31.2. The highest BCUT2D eigenvalue weighted by Crippen LogP contribution is 2.30. The van der Waals surface area contributed by atoms with Gasteiger partial charge < -0.3 is 28.4 Å². The molecule has 0 fully saturated rings. The van der Waals surface area contributed by atoms with Crippen molar-refractivity contribution in [3.8, 4) is 23.0 Å². The maximum absolute atomic E-state index is 11.0. The summed E-state index contributed by atoms with van der Waals surface area (Å²) in [6, 6.07) is 11.4. The van der Waals surface area contributed by atoms with Gasteiger partial charge in [0.2, 0.25) is 0 Å². The normalized spacial score (nSPS) is 9.68. The monoisotopic (exact) mass is 528 g/mol. The first-order chi connectivity index (χ1) is 18.2. The van der Waals surface area contributed by atoms with Crippen LogP contribution in [-0.4, -0.2) is 53.6 Å². The van der Waals surface area contributed by atoms with Gasteiger partial charge in [0.15, 0.2) is 0 Å². The van der Waals surface area contributed by atoms with Crippen molar-refractivity contribution in [2.75, 3.05) is 41.7 Å². The maximum atomic E-state index is 11.0. The molecule has 0 saturated heterocycles. The summed E-state index contributed by atoms with van der Waals surface area (Å²) >= 11 is 0. The van der Waals surface area contributed by atoms with Crippen molar-refractivity contribution in [3.63, 3.8) is 0 Å². The smallest absolute Gasteiger partial charge is 0.302 e. The standard InChI is InChI=1S/C17H22O6.C13H18O2/c1-12(18)22-10-14(11-23-13(2)19)8-9-15-16(20-3)6-5-7-17(15)21-4;1-10(2)8-9-11-12(14-3)6-5-7-13(11)15-4/h5-8H,9-11H2,1-4H3;5-8H,9H2,1-4H3. The van der Waals surface area contributed by atoms with Gasteiger partial charge in [-0.1, -0.05) is 29.9 Å². The highest BCUT2D eigenvalue weighted by molar-refractivity contribution is 5.67. The fourth-order valence-electron chi connectivity index (χ4n) is 3.36. The molecule has 208 valence electrons. The van der Waals surface area contributed by atoms with Crippen LogP contribution in [0.4, 0.5) is 0 Å². The minimum absolute atomic E-state index is 0.0695. The van der Waals surface area contributed by atoms with Gasteiger partial charge >= 0.3 is 11.9 Å². The molecular formula is C30H40O8. The molecule has 8 nitrogen and oxygen atoms in total. The van der Waals surface area contributed by atoms with Crippen molar-refractivity contribution < 1.29 is 38.0 Å². The first kappa shape index (κ1) is 32.1. The molecule has 0 saturated carbocycles. The number of hydrogen-bond acceptors (Lipinski definition) is 8. The SMILES string of the molecule is COc1cccc(OC)c1CC=C(C)C.COc1cccc(OC)c1CC=C(COC(C)=O)COC(C)=O. The second-order valence-electron chi connectivity index (χ2n) is 8.39. The highest BCUT2D eigenvalue weighted by atomic mass is 16.5. The Morgan fingerprint density at radius 2 is 0.947 bits per heavy atom. The molecule has 0 radical (unpaired) electrons. The van der Waals surface area contributed by atoms with E-state index in [0.717, 1.165) is 29.0 Å². The summed E-state index contributed by atoms with van der Waals surface area (Å²) in [6.45, 7) is 6.96. The van der Waals surface area contributed by atoms with Gasteiger partial charge in [-0.2, -0.15) is 0 Å². The molecule has 2 aromatic carbocycles. The zero-order valence-corrected chi connectivity index (χ0v) is 23.7. The summed E-state index contributed by atoms with van der Waals surface area (Å²) in [5, 5.41) is 0.